The number of allylic oxidation sites excluding steroid dienone is 1. The summed E-state index contributed by atoms with van der Waals surface area (Å²) < 4.78 is 17.6. The number of benzene rings is 3. The summed E-state index contributed by atoms with van der Waals surface area (Å²) in [4.78, 5) is 22.9. The van der Waals surface area contributed by atoms with Gasteiger partial charge >= 0.3 is 0 Å². The molecule has 1 saturated heterocycles. The minimum atomic E-state index is -0.446. The molecule has 1 aliphatic heterocycles. The van der Waals surface area contributed by atoms with E-state index in [2.05, 4.69) is 17.1 Å². The number of rotatable bonds is 13. The summed E-state index contributed by atoms with van der Waals surface area (Å²) in [6.45, 7) is 3.76. The number of carbonyl (C=O) groups is 1. The van der Waals surface area contributed by atoms with Gasteiger partial charge in [0.2, 0.25) is 0 Å². The van der Waals surface area contributed by atoms with E-state index in [1.165, 1.54) is 31.0 Å². The van der Waals surface area contributed by atoms with Crippen molar-refractivity contribution in [3.8, 4) is 17.2 Å². The Hall–Kier alpha value is -3.96. The number of nitro benzene ring substituents is 1. The van der Waals surface area contributed by atoms with Crippen LogP contribution in [0.2, 0.25) is 0 Å². The molecular formula is C29H29N3O6S2. The van der Waals surface area contributed by atoms with Crippen LogP contribution in [0.15, 0.2) is 78.4 Å². The first kappa shape index (κ1) is 29.0. The lowest BCUT2D eigenvalue weighted by atomic mass is 10.1. The van der Waals surface area contributed by atoms with Crippen molar-refractivity contribution in [2.45, 2.75) is 17.6 Å². The molecule has 0 unspecified atom stereocenters. The number of nitrogens with one attached hydrogen (secondary N) is 1. The highest BCUT2D eigenvalue weighted by atomic mass is 32.2. The van der Waals surface area contributed by atoms with Crippen LogP contribution in [0.4, 0.5) is 5.69 Å². The van der Waals surface area contributed by atoms with Gasteiger partial charge in [0.05, 0.1) is 22.8 Å². The van der Waals surface area contributed by atoms with Crippen molar-refractivity contribution in [1.82, 2.24) is 5.43 Å². The fraction of sp³-hybridized carbons (Fsp3) is 0.241. The van der Waals surface area contributed by atoms with Gasteiger partial charge in [0.15, 0.2) is 18.1 Å². The zero-order valence-corrected chi connectivity index (χ0v) is 23.5. The van der Waals surface area contributed by atoms with Crippen molar-refractivity contribution < 1.29 is 23.9 Å². The number of carbonyl (C=O) groups excluding carboxylic acids is 1. The Kier molecular flexibility index (Phi) is 10.5. The third-order valence-electron chi connectivity index (χ3n) is 5.79. The van der Waals surface area contributed by atoms with Crippen LogP contribution in [0, 0.1) is 10.1 Å². The Balaban J connectivity index is 1.35. The molecule has 3 aromatic rings. The molecule has 1 amide bonds. The first-order valence-electron chi connectivity index (χ1n) is 12.4. The van der Waals surface area contributed by atoms with Crippen molar-refractivity contribution in [2.75, 3.05) is 25.2 Å². The van der Waals surface area contributed by atoms with Gasteiger partial charge in [0.1, 0.15) is 12.4 Å². The van der Waals surface area contributed by atoms with Crippen LogP contribution in [-0.2, 0) is 17.8 Å². The highest BCUT2D eigenvalue weighted by molar-refractivity contribution is 8.19. The SMILES string of the molecule is C=CCc1cc(/C=N\NC(=O)COc2ccc(C3SCCS3)cc2)cc(OC)c1OCc1cccc([N+](=O)[O-])c1. The quantitative estimate of drug-likeness (QED) is 0.115. The van der Waals surface area contributed by atoms with E-state index in [4.69, 9.17) is 14.2 Å². The number of hydrogen-bond acceptors (Lipinski definition) is 9. The van der Waals surface area contributed by atoms with E-state index in [0.717, 1.165) is 17.1 Å². The number of nitrogens with zero attached hydrogens (tertiary/aromatic N) is 2. The summed E-state index contributed by atoms with van der Waals surface area (Å²) in [7, 11) is 1.52. The molecule has 208 valence electrons. The molecule has 0 bridgehead atoms. The van der Waals surface area contributed by atoms with Gasteiger partial charge in [0.25, 0.3) is 11.6 Å². The first-order chi connectivity index (χ1) is 19.5. The number of thioether (sulfide) groups is 2. The van der Waals surface area contributed by atoms with Gasteiger partial charge in [-0.3, -0.25) is 14.9 Å². The van der Waals surface area contributed by atoms with E-state index in [0.29, 0.717) is 39.4 Å². The standard InChI is InChI=1S/C29H29N3O6S2/c1-3-5-23-14-21(16-26(36-2)28(23)38-18-20-6-4-7-24(15-20)32(34)35)17-30-31-27(33)19-37-25-10-8-22(9-11-25)29-39-12-13-40-29/h3-4,6-11,14-17,29H,1,5,12-13,18-19H2,2H3,(H,31,33)/b30-17-. The van der Waals surface area contributed by atoms with Gasteiger partial charge in [-0.15, -0.1) is 30.1 Å². The predicted molar refractivity (Wildman–Crippen MR) is 160 cm³/mol. The zero-order chi connectivity index (χ0) is 28.3. The van der Waals surface area contributed by atoms with E-state index in [-0.39, 0.29) is 18.9 Å². The van der Waals surface area contributed by atoms with Gasteiger partial charge < -0.3 is 14.2 Å². The minimum absolute atomic E-state index is 0.00557. The van der Waals surface area contributed by atoms with E-state index >= 15 is 0 Å². The maximum atomic E-state index is 12.3. The molecule has 0 spiro atoms. The summed E-state index contributed by atoms with van der Waals surface area (Å²) in [6, 6.07) is 17.7. The highest BCUT2D eigenvalue weighted by Crippen LogP contribution is 2.45. The number of hydrogen-bond donors (Lipinski definition) is 1. The first-order valence-corrected chi connectivity index (χ1v) is 14.5. The fourth-order valence-corrected chi connectivity index (χ4v) is 6.79. The van der Waals surface area contributed by atoms with Crippen LogP contribution in [0.25, 0.3) is 0 Å². The molecule has 4 rings (SSSR count). The second-order valence-corrected chi connectivity index (χ2v) is 11.4. The summed E-state index contributed by atoms with van der Waals surface area (Å²) in [5, 5.41) is 15.1. The Labute approximate surface area is 241 Å². The number of nitro groups is 1. The van der Waals surface area contributed by atoms with Gasteiger partial charge in [-0.05, 0) is 47.4 Å². The van der Waals surface area contributed by atoms with E-state index in [1.807, 2.05) is 53.9 Å². The third-order valence-corrected chi connectivity index (χ3v) is 8.89. The van der Waals surface area contributed by atoms with Crippen LogP contribution in [0.1, 0.15) is 26.8 Å². The molecule has 0 aliphatic carbocycles. The van der Waals surface area contributed by atoms with Gasteiger partial charge in [0, 0.05) is 29.2 Å². The largest absolute Gasteiger partial charge is 0.493 e. The Morgan fingerprint density at radius 1 is 1.15 bits per heavy atom. The molecule has 3 aromatic carbocycles. The van der Waals surface area contributed by atoms with E-state index in [9.17, 15) is 14.9 Å². The van der Waals surface area contributed by atoms with Crippen LogP contribution in [0.5, 0.6) is 17.2 Å². The van der Waals surface area contributed by atoms with Crippen LogP contribution in [-0.4, -0.2) is 42.3 Å². The average Bonchev–Trinajstić information content (AvgIpc) is 3.51. The van der Waals surface area contributed by atoms with E-state index in [1.54, 1.807) is 24.3 Å². The van der Waals surface area contributed by atoms with Crippen molar-refractivity contribution in [3.63, 3.8) is 0 Å². The van der Waals surface area contributed by atoms with Crippen molar-refractivity contribution >= 4 is 41.3 Å². The second kappa shape index (κ2) is 14.4. The lowest BCUT2D eigenvalue weighted by Crippen LogP contribution is -2.24. The topological polar surface area (TPSA) is 112 Å². The second-order valence-electron chi connectivity index (χ2n) is 8.64. The van der Waals surface area contributed by atoms with Crippen molar-refractivity contribution in [1.29, 1.82) is 0 Å². The molecule has 1 fully saturated rings. The Morgan fingerprint density at radius 3 is 2.62 bits per heavy atom. The monoisotopic (exact) mass is 579 g/mol. The lowest BCUT2D eigenvalue weighted by Gasteiger charge is -2.16. The highest BCUT2D eigenvalue weighted by Gasteiger charge is 2.18. The fourth-order valence-electron chi connectivity index (χ4n) is 3.93. The maximum absolute atomic E-state index is 12.3. The Morgan fingerprint density at radius 2 is 1.93 bits per heavy atom. The van der Waals surface area contributed by atoms with Gasteiger partial charge in [-0.2, -0.15) is 5.10 Å². The van der Waals surface area contributed by atoms with E-state index < -0.39 is 10.8 Å². The summed E-state index contributed by atoms with van der Waals surface area (Å²) >= 11 is 3.88. The summed E-state index contributed by atoms with van der Waals surface area (Å²) in [6.07, 6.45) is 3.72. The molecule has 0 saturated carbocycles. The van der Waals surface area contributed by atoms with Crippen LogP contribution in [0.3, 0.4) is 0 Å². The third kappa shape index (κ3) is 8.03. The number of amides is 1. The molecule has 11 heteroatoms. The smallest absolute Gasteiger partial charge is 0.277 e. The maximum Gasteiger partial charge on any atom is 0.277 e. The number of non-ortho nitro benzene ring substituents is 1. The summed E-state index contributed by atoms with van der Waals surface area (Å²) in [5.41, 5.74) is 5.83. The number of hydrazone groups is 1. The van der Waals surface area contributed by atoms with Crippen LogP contribution >= 0.6 is 23.5 Å². The average molecular weight is 580 g/mol. The van der Waals surface area contributed by atoms with Gasteiger partial charge in [-0.25, -0.2) is 5.43 Å². The molecule has 9 nitrogen and oxygen atoms in total. The molecule has 1 aliphatic rings. The van der Waals surface area contributed by atoms with Gasteiger partial charge in [-0.1, -0.05) is 30.3 Å². The number of ether oxygens (including phenoxy) is 3. The molecule has 1 N–H and O–H groups in total. The summed E-state index contributed by atoms with van der Waals surface area (Å²) in [5.74, 6) is 3.51. The molecule has 0 aromatic heterocycles. The number of methoxy groups -OCH3 is 1. The van der Waals surface area contributed by atoms with Crippen molar-refractivity contribution in [2.24, 2.45) is 5.10 Å². The lowest BCUT2D eigenvalue weighted by molar-refractivity contribution is -0.384. The van der Waals surface area contributed by atoms with Crippen LogP contribution < -0.4 is 19.6 Å². The molecule has 40 heavy (non-hydrogen) atoms. The molecule has 1 heterocycles. The van der Waals surface area contributed by atoms with Crippen molar-refractivity contribution in [3.05, 3.63) is 106 Å². The normalized spacial score (nSPS) is 13.2. The predicted octanol–water partition coefficient (Wildman–Crippen LogP) is 5.92. The molecule has 0 atom stereocenters. The zero-order valence-electron chi connectivity index (χ0n) is 21.9. The molecule has 0 radical (unpaired) electrons. The minimum Gasteiger partial charge on any atom is -0.493 e. The Bertz CT molecular complexity index is 1370. The molecular weight excluding hydrogens is 550 g/mol.